The van der Waals surface area contributed by atoms with Gasteiger partial charge in [0.05, 0.1) is 12.5 Å². The van der Waals surface area contributed by atoms with Crippen LogP contribution in [0.1, 0.15) is 28.4 Å². The summed E-state index contributed by atoms with van der Waals surface area (Å²) in [6.45, 7) is 4.49. The molecule has 0 atom stereocenters. The minimum Gasteiger partial charge on any atom is -0.494 e. The predicted octanol–water partition coefficient (Wildman–Crippen LogP) is 4.38. The zero-order chi connectivity index (χ0) is 15.2. The lowest BCUT2D eigenvalue weighted by atomic mass is 10.1. The fourth-order valence-corrected chi connectivity index (χ4v) is 2.18. The highest BCUT2D eigenvalue weighted by Gasteiger charge is 2.08. The summed E-state index contributed by atoms with van der Waals surface area (Å²) in [7, 11) is 0. The smallest absolute Gasteiger partial charge is 0.255 e. The Balaban J connectivity index is 2.15. The fourth-order valence-electron chi connectivity index (χ4n) is 1.97. The first-order chi connectivity index (χ1) is 10.1. The Hall–Kier alpha value is -2.00. The van der Waals surface area contributed by atoms with Gasteiger partial charge in [-0.2, -0.15) is 0 Å². The highest BCUT2D eigenvalue weighted by atomic mass is 35.5. The van der Waals surface area contributed by atoms with Gasteiger partial charge in [0.1, 0.15) is 5.75 Å². The Morgan fingerprint density at radius 2 is 1.90 bits per heavy atom. The topological polar surface area (TPSA) is 38.3 Å². The maximum absolute atomic E-state index is 12.2. The molecule has 0 aliphatic carbocycles. The van der Waals surface area contributed by atoms with E-state index in [4.69, 9.17) is 16.3 Å². The molecule has 0 aliphatic heterocycles. The van der Waals surface area contributed by atoms with Crippen LogP contribution >= 0.6 is 11.6 Å². The molecule has 2 aromatic carbocycles. The number of rotatable bonds is 5. The van der Waals surface area contributed by atoms with E-state index in [1.807, 2.05) is 56.3 Å². The van der Waals surface area contributed by atoms with Crippen LogP contribution in [0.3, 0.4) is 0 Å². The molecule has 0 aliphatic rings. The number of anilines is 1. The molecule has 0 fully saturated rings. The third-order valence-electron chi connectivity index (χ3n) is 3.08. The molecule has 0 unspecified atom stereocenters. The molecule has 2 aromatic rings. The Bertz CT molecular complexity index is 623. The highest BCUT2D eigenvalue weighted by molar-refractivity contribution is 6.17. The first-order valence-corrected chi connectivity index (χ1v) is 7.37. The van der Waals surface area contributed by atoms with Crippen molar-refractivity contribution >= 4 is 23.2 Å². The first kappa shape index (κ1) is 15.4. The number of benzene rings is 2. The molecule has 3 nitrogen and oxygen atoms in total. The average molecular weight is 304 g/mol. The lowest BCUT2D eigenvalue weighted by molar-refractivity contribution is 0.102. The first-order valence-electron chi connectivity index (χ1n) is 6.83. The summed E-state index contributed by atoms with van der Waals surface area (Å²) in [6, 6.07) is 12.9. The molecule has 1 amide bonds. The second-order valence-corrected chi connectivity index (χ2v) is 4.98. The molecule has 0 spiro atoms. The normalized spacial score (nSPS) is 10.2. The van der Waals surface area contributed by atoms with Gasteiger partial charge in [-0.1, -0.05) is 17.7 Å². The van der Waals surface area contributed by atoms with Gasteiger partial charge < -0.3 is 10.1 Å². The summed E-state index contributed by atoms with van der Waals surface area (Å²) in [6.07, 6.45) is 0. The molecular weight excluding hydrogens is 286 g/mol. The maximum atomic E-state index is 12.2. The summed E-state index contributed by atoms with van der Waals surface area (Å²) >= 11 is 5.92. The summed E-state index contributed by atoms with van der Waals surface area (Å²) in [5, 5.41) is 2.87. The number of alkyl halides is 1. The minimum atomic E-state index is -0.139. The monoisotopic (exact) mass is 303 g/mol. The molecule has 21 heavy (non-hydrogen) atoms. The Kier molecular flexibility index (Phi) is 5.23. The molecule has 2 rings (SSSR count). The summed E-state index contributed by atoms with van der Waals surface area (Å²) < 4.78 is 5.49. The van der Waals surface area contributed by atoms with Gasteiger partial charge in [-0.3, -0.25) is 4.79 Å². The highest BCUT2D eigenvalue weighted by Crippen LogP contribution is 2.25. The summed E-state index contributed by atoms with van der Waals surface area (Å²) in [4.78, 5) is 12.2. The quantitative estimate of drug-likeness (QED) is 0.832. The van der Waals surface area contributed by atoms with Crippen molar-refractivity contribution in [2.75, 3.05) is 11.9 Å². The van der Waals surface area contributed by atoms with Gasteiger partial charge in [-0.25, -0.2) is 0 Å². The van der Waals surface area contributed by atoms with Crippen molar-refractivity contribution in [3.63, 3.8) is 0 Å². The van der Waals surface area contributed by atoms with Crippen LogP contribution in [0.4, 0.5) is 5.69 Å². The van der Waals surface area contributed by atoms with E-state index >= 15 is 0 Å². The van der Waals surface area contributed by atoms with Gasteiger partial charge in [0, 0.05) is 16.8 Å². The van der Waals surface area contributed by atoms with Crippen molar-refractivity contribution in [2.24, 2.45) is 0 Å². The molecule has 0 saturated heterocycles. The van der Waals surface area contributed by atoms with E-state index < -0.39 is 0 Å². The van der Waals surface area contributed by atoms with E-state index in [0.717, 1.165) is 16.9 Å². The molecule has 0 heterocycles. The van der Waals surface area contributed by atoms with E-state index in [1.165, 1.54) is 0 Å². The van der Waals surface area contributed by atoms with Gasteiger partial charge in [-0.05, 0) is 44.2 Å². The Morgan fingerprint density at radius 1 is 1.19 bits per heavy atom. The van der Waals surface area contributed by atoms with Crippen LogP contribution in [-0.4, -0.2) is 12.5 Å². The Morgan fingerprint density at radius 3 is 2.52 bits per heavy atom. The lowest BCUT2D eigenvalue weighted by Crippen LogP contribution is -2.12. The van der Waals surface area contributed by atoms with Crippen molar-refractivity contribution in [3.8, 4) is 5.75 Å². The molecule has 1 N–H and O–H groups in total. The standard InChI is InChI=1S/C17H18ClNO2/c1-3-21-16-9-8-15(10-14(16)11-18)19-17(20)13-6-4-12(2)5-7-13/h4-10H,3,11H2,1-2H3,(H,19,20). The number of ether oxygens (including phenoxy) is 1. The van der Waals surface area contributed by atoms with Crippen LogP contribution in [0.2, 0.25) is 0 Å². The van der Waals surface area contributed by atoms with E-state index in [2.05, 4.69) is 5.32 Å². The summed E-state index contributed by atoms with van der Waals surface area (Å²) in [5.74, 6) is 0.948. The van der Waals surface area contributed by atoms with Gasteiger partial charge in [-0.15, -0.1) is 11.6 Å². The zero-order valence-electron chi connectivity index (χ0n) is 12.2. The van der Waals surface area contributed by atoms with E-state index in [0.29, 0.717) is 23.7 Å². The van der Waals surface area contributed by atoms with Crippen LogP contribution in [0.5, 0.6) is 5.75 Å². The largest absolute Gasteiger partial charge is 0.494 e. The molecule has 110 valence electrons. The van der Waals surface area contributed by atoms with Crippen molar-refractivity contribution in [3.05, 3.63) is 59.2 Å². The SMILES string of the molecule is CCOc1ccc(NC(=O)c2ccc(C)cc2)cc1CCl. The molecule has 0 bridgehead atoms. The number of aryl methyl sites for hydroxylation is 1. The van der Waals surface area contributed by atoms with Crippen LogP contribution < -0.4 is 10.1 Å². The average Bonchev–Trinajstić information content (AvgIpc) is 2.49. The minimum absolute atomic E-state index is 0.139. The molecule has 0 radical (unpaired) electrons. The molecule has 4 heteroatoms. The number of carbonyl (C=O) groups excluding carboxylic acids is 1. The van der Waals surface area contributed by atoms with Crippen LogP contribution in [0.15, 0.2) is 42.5 Å². The number of halogens is 1. The van der Waals surface area contributed by atoms with Crippen molar-refractivity contribution in [1.82, 2.24) is 0 Å². The van der Waals surface area contributed by atoms with E-state index in [9.17, 15) is 4.79 Å². The zero-order valence-corrected chi connectivity index (χ0v) is 12.9. The number of amides is 1. The van der Waals surface area contributed by atoms with Crippen molar-refractivity contribution < 1.29 is 9.53 Å². The van der Waals surface area contributed by atoms with Crippen LogP contribution in [-0.2, 0) is 5.88 Å². The van der Waals surface area contributed by atoms with Gasteiger partial charge >= 0.3 is 0 Å². The van der Waals surface area contributed by atoms with Crippen molar-refractivity contribution in [1.29, 1.82) is 0 Å². The summed E-state index contributed by atoms with van der Waals surface area (Å²) in [5.41, 5.74) is 3.32. The van der Waals surface area contributed by atoms with E-state index in [1.54, 1.807) is 0 Å². The molecule has 0 aromatic heterocycles. The van der Waals surface area contributed by atoms with Crippen LogP contribution in [0, 0.1) is 6.92 Å². The second kappa shape index (κ2) is 7.14. The van der Waals surface area contributed by atoms with Gasteiger partial charge in [0.25, 0.3) is 5.91 Å². The third kappa shape index (κ3) is 3.99. The van der Waals surface area contributed by atoms with E-state index in [-0.39, 0.29) is 5.91 Å². The molecule has 0 saturated carbocycles. The number of hydrogen-bond acceptors (Lipinski definition) is 2. The number of carbonyl (C=O) groups is 1. The predicted molar refractivity (Wildman–Crippen MR) is 86.3 cm³/mol. The maximum Gasteiger partial charge on any atom is 0.255 e. The van der Waals surface area contributed by atoms with Crippen molar-refractivity contribution in [2.45, 2.75) is 19.7 Å². The van der Waals surface area contributed by atoms with Gasteiger partial charge in [0.15, 0.2) is 0 Å². The van der Waals surface area contributed by atoms with Crippen LogP contribution in [0.25, 0.3) is 0 Å². The molecular formula is C17H18ClNO2. The fraction of sp³-hybridized carbons (Fsp3) is 0.235. The Labute approximate surface area is 129 Å². The van der Waals surface area contributed by atoms with Gasteiger partial charge in [0.2, 0.25) is 0 Å². The number of nitrogens with one attached hydrogen (secondary N) is 1. The number of hydrogen-bond donors (Lipinski definition) is 1. The lowest BCUT2D eigenvalue weighted by Gasteiger charge is -2.11. The second-order valence-electron chi connectivity index (χ2n) is 4.71. The third-order valence-corrected chi connectivity index (χ3v) is 3.36.